The van der Waals surface area contributed by atoms with Gasteiger partial charge in [-0.3, -0.25) is 4.79 Å². The summed E-state index contributed by atoms with van der Waals surface area (Å²) in [5.41, 5.74) is -0.455. The minimum Gasteiger partial charge on any atom is -0.384 e. The van der Waals surface area contributed by atoms with E-state index in [1.807, 2.05) is 0 Å². The summed E-state index contributed by atoms with van der Waals surface area (Å²) >= 11 is 0. The first kappa shape index (κ1) is 16.9. The summed E-state index contributed by atoms with van der Waals surface area (Å²) in [5, 5.41) is 12.0. The molecule has 114 valence electrons. The van der Waals surface area contributed by atoms with Crippen molar-refractivity contribution in [1.29, 1.82) is 5.26 Å². The van der Waals surface area contributed by atoms with Crippen molar-refractivity contribution < 1.29 is 14.3 Å². The molecule has 0 atom stereocenters. The minimum atomic E-state index is -0.455. The Kier molecular flexibility index (Phi) is 7.52. The molecule has 1 saturated heterocycles. The van der Waals surface area contributed by atoms with Crippen molar-refractivity contribution in [3.8, 4) is 6.07 Å². The van der Waals surface area contributed by atoms with Gasteiger partial charge in [0.2, 0.25) is 5.91 Å². The Hall–Kier alpha value is -1.16. The van der Waals surface area contributed by atoms with E-state index in [0.717, 1.165) is 25.9 Å². The molecule has 20 heavy (non-hydrogen) atoms. The number of methoxy groups -OCH3 is 2. The molecule has 0 radical (unpaired) electrons. The Morgan fingerprint density at radius 1 is 1.30 bits per heavy atom. The number of piperidine rings is 1. The topological polar surface area (TPSA) is 74.6 Å². The standard InChI is InChI=1S/C14H25N3O3/c1-19-11-10-17(9-3-6-15)13(18)14(12-20-2)4-7-16-8-5-14/h16H,3-5,7-12H2,1-2H3. The van der Waals surface area contributed by atoms with Crippen LogP contribution in [0.4, 0.5) is 0 Å². The minimum absolute atomic E-state index is 0.0909. The molecule has 6 heteroatoms. The Labute approximate surface area is 121 Å². The lowest BCUT2D eigenvalue weighted by molar-refractivity contribution is -0.148. The fourth-order valence-corrected chi connectivity index (χ4v) is 2.64. The second kappa shape index (κ2) is 8.90. The highest BCUT2D eigenvalue weighted by Gasteiger charge is 2.41. The molecule has 0 bridgehead atoms. The van der Waals surface area contributed by atoms with Gasteiger partial charge in [-0.15, -0.1) is 0 Å². The largest absolute Gasteiger partial charge is 0.384 e. The van der Waals surface area contributed by atoms with Crippen molar-refractivity contribution in [2.45, 2.75) is 19.3 Å². The number of amides is 1. The molecule has 1 aliphatic heterocycles. The Morgan fingerprint density at radius 2 is 2.00 bits per heavy atom. The summed E-state index contributed by atoms with van der Waals surface area (Å²) in [7, 11) is 3.24. The van der Waals surface area contributed by atoms with Crippen LogP contribution < -0.4 is 5.32 Å². The summed E-state index contributed by atoms with van der Waals surface area (Å²) in [5.74, 6) is 0.0909. The van der Waals surface area contributed by atoms with E-state index < -0.39 is 5.41 Å². The smallest absolute Gasteiger partial charge is 0.231 e. The molecule has 0 aromatic rings. The molecule has 1 amide bonds. The van der Waals surface area contributed by atoms with Gasteiger partial charge in [-0.25, -0.2) is 0 Å². The van der Waals surface area contributed by atoms with Crippen LogP contribution in [0.2, 0.25) is 0 Å². The predicted molar refractivity (Wildman–Crippen MR) is 75.1 cm³/mol. The van der Waals surface area contributed by atoms with Gasteiger partial charge in [-0.1, -0.05) is 0 Å². The molecular weight excluding hydrogens is 258 g/mol. The van der Waals surface area contributed by atoms with Gasteiger partial charge in [0.15, 0.2) is 0 Å². The van der Waals surface area contributed by atoms with Crippen LogP contribution in [0.15, 0.2) is 0 Å². The zero-order valence-corrected chi connectivity index (χ0v) is 12.5. The molecule has 0 spiro atoms. The summed E-state index contributed by atoms with van der Waals surface area (Å²) in [4.78, 5) is 14.6. The third-order valence-electron chi connectivity index (χ3n) is 3.78. The van der Waals surface area contributed by atoms with Crippen LogP contribution >= 0.6 is 0 Å². The lowest BCUT2D eigenvalue weighted by atomic mass is 9.78. The van der Waals surface area contributed by atoms with Crippen molar-refractivity contribution in [2.75, 3.05) is 53.6 Å². The van der Waals surface area contributed by atoms with Gasteiger partial charge in [0.25, 0.3) is 0 Å². The van der Waals surface area contributed by atoms with Gasteiger partial charge < -0.3 is 19.7 Å². The first-order chi connectivity index (χ1) is 9.70. The average Bonchev–Trinajstić information content (AvgIpc) is 2.48. The van der Waals surface area contributed by atoms with Crippen LogP contribution in [-0.4, -0.2) is 64.4 Å². The quantitative estimate of drug-likeness (QED) is 0.697. The van der Waals surface area contributed by atoms with Gasteiger partial charge in [-0.05, 0) is 25.9 Å². The second-order valence-electron chi connectivity index (χ2n) is 5.16. The molecule has 1 N–H and O–H groups in total. The average molecular weight is 283 g/mol. The third kappa shape index (κ3) is 4.44. The first-order valence-electron chi connectivity index (χ1n) is 7.05. The van der Waals surface area contributed by atoms with E-state index in [2.05, 4.69) is 11.4 Å². The van der Waals surface area contributed by atoms with E-state index in [9.17, 15) is 4.79 Å². The van der Waals surface area contributed by atoms with E-state index in [4.69, 9.17) is 14.7 Å². The van der Waals surface area contributed by atoms with Crippen LogP contribution in [0, 0.1) is 16.7 Å². The molecule has 1 rings (SSSR count). The zero-order chi connectivity index (χ0) is 14.8. The number of ether oxygens (including phenoxy) is 2. The van der Waals surface area contributed by atoms with Crippen molar-refractivity contribution >= 4 is 5.91 Å². The second-order valence-corrected chi connectivity index (χ2v) is 5.16. The molecule has 6 nitrogen and oxygen atoms in total. The van der Waals surface area contributed by atoms with Crippen LogP contribution in [0.3, 0.4) is 0 Å². The summed E-state index contributed by atoms with van der Waals surface area (Å²) in [6.45, 7) is 3.55. The normalized spacial score (nSPS) is 17.4. The van der Waals surface area contributed by atoms with Crippen LogP contribution in [0.1, 0.15) is 19.3 Å². The summed E-state index contributed by atoms with van der Waals surface area (Å²) in [6, 6.07) is 2.10. The number of hydrogen-bond acceptors (Lipinski definition) is 5. The summed E-state index contributed by atoms with van der Waals surface area (Å²) < 4.78 is 10.4. The van der Waals surface area contributed by atoms with Crippen LogP contribution in [0.25, 0.3) is 0 Å². The monoisotopic (exact) mass is 283 g/mol. The van der Waals surface area contributed by atoms with Gasteiger partial charge in [0, 0.05) is 27.3 Å². The zero-order valence-electron chi connectivity index (χ0n) is 12.5. The number of rotatable bonds is 8. The number of carbonyl (C=O) groups excluding carboxylic acids is 1. The molecule has 0 aromatic heterocycles. The lowest BCUT2D eigenvalue weighted by Gasteiger charge is -2.39. The van der Waals surface area contributed by atoms with Crippen molar-refractivity contribution in [3.05, 3.63) is 0 Å². The fraction of sp³-hybridized carbons (Fsp3) is 0.857. The molecule has 1 heterocycles. The van der Waals surface area contributed by atoms with Gasteiger partial charge in [0.05, 0.1) is 31.1 Å². The maximum Gasteiger partial charge on any atom is 0.231 e. The van der Waals surface area contributed by atoms with E-state index >= 15 is 0 Å². The van der Waals surface area contributed by atoms with Gasteiger partial charge >= 0.3 is 0 Å². The maximum atomic E-state index is 12.9. The maximum absolute atomic E-state index is 12.9. The van der Waals surface area contributed by atoms with Crippen LogP contribution in [0.5, 0.6) is 0 Å². The molecule has 0 aromatic carbocycles. The lowest BCUT2D eigenvalue weighted by Crippen LogP contribution is -2.52. The Bertz CT molecular complexity index is 330. The highest BCUT2D eigenvalue weighted by Crippen LogP contribution is 2.31. The number of nitriles is 1. The highest BCUT2D eigenvalue weighted by molar-refractivity contribution is 5.83. The van der Waals surface area contributed by atoms with E-state index in [1.165, 1.54) is 0 Å². The number of nitrogens with zero attached hydrogens (tertiary/aromatic N) is 2. The Balaban J connectivity index is 2.78. The Morgan fingerprint density at radius 3 is 2.55 bits per heavy atom. The molecule has 0 aliphatic carbocycles. The summed E-state index contributed by atoms with van der Waals surface area (Å²) in [6.07, 6.45) is 1.89. The van der Waals surface area contributed by atoms with Crippen LogP contribution in [-0.2, 0) is 14.3 Å². The van der Waals surface area contributed by atoms with Crippen molar-refractivity contribution in [1.82, 2.24) is 10.2 Å². The fourth-order valence-electron chi connectivity index (χ4n) is 2.64. The van der Waals surface area contributed by atoms with Crippen molar-refractivity contribution in [3.63, 3.8) is 0 Å². The molecule has 1 aliphatic rings. The SMILES string of the molecule is COCCN(CCC#N)C(=O)C1(COC)CCNCC1. The number of nitrogens with one attached hydrogen (secondary N) is 1. The van der Waals surface area contributed by atoms with Gasteiger partial charge in [0.1, 0.15) is 0 Å². The number of carbonyl (C=O) groups is 1. The molecule has 1 fully saturated rings. The van der Waals surface area contributed by atoms with E-state index in [-0.39, 0.29) is 5.91 Å². The number of hydrogen-bond donors (Lipinski definition) is 1. The molecule has 0 saturated carbocycles. The predicted octanol–water partition coefficient (Wildman–Crippen LogP) is 0.391. The molecule has 0 unspecified atom stereocenters. The highest BCUT2D eigenvalue weighted by atomic mass is 16.5. The van der Waals surface area contributed by atoms with E-state index in [1.54, 1.807) is 19.1 Å². The third-order valence-corrected chi connectivity index (χ3v) is 3.78. The molecular formula is C14H25N3O3. The first-order valence-corrected chi connectivity index (χ1v) is 7.05. The van der Waals surface area contributed by atoms with Gasteiger partial charge in [-0.2, -0.15) is 5.26 Å². The van der Waals surface area contributed by atoms with Crippen molar-refractivity contribution in [2.24, 2.45) is 5.41 Å². The van der Waals surface area contributed by atoms with E-state index in [0.29, 0.717) is 32.7 Å².